The molecule has 10 heteroatoms. The first-order valence-electron chi connectivity index (χ1n) is 16.6. The Morgan fingerprint density at radius 2 is 1.66 bits per heavy atom. The van der Waals surface area contributed by atoms with Crippen LogP contribution in [0, 0.1) is 11.8 Å². The molecule has 1 aromatic heterocycles. The number of nitrogens with zero attached hydrogens (tertiary/aromatic N) is 5. The van der Waals surface area contributed by atoms with E-state index < -0.39 is 5.60 Å². The number of carbonyl (C=O) groups excluding carboxylic acids is 1. The Morgan fingerprint density at radius 3 is 2.36 bits per heavy atom. The first-order valence-corrected chi connectivity index (χ1v) is 16.6. The van der Waals surface area contributed by atoms with Crippen LogP contribution in [0.25, 0.3) is 11.3 Å². The third-order valence-corrected chi connectivity index (χ3v) is 9.99. The molecule has 1 amide bonds. The Labute approximate surface area is 261 Å². The van der Waals surface area contributed by atoms with Crippen LogP contribution in [0.4, 0.5) is 16.3 Å². The molecule has 0 unspecified atom stereocenters. The number of anilines is 2. The van der Waals surface area contributed by atoms with Crippen molar-refractivity contribution < 1.29 is 19.4 Å². The van der Waals surface area contributed by atoms with Gasteiger partial charge in [-0.3, -0.25) is 0 Å². The standard InChI is InChI=1S/C34H50N6O4/c1-34(2,3)44-33(42)39-13-8-23(9-14-39)18-24-19-25(20-24)38-15-10-26(11-16-38)43-27-12-17-40(22-27)30-21-29(36-37-32(30)35)28-6-4-5-7-31(28)41/h4-7,21,23-27,41H,8-20,22H2,1-3H3,(H2,35,37)/t24?,25?,27-/m0/s1. The van der Waals surface area contributed by atoms with Crippen LogP contribution >= 0.6 is 0 Å². The van der Waals surface area contributed by atoms with Crippen LogP contribution in [0.1, 0.15) is 72.1 Å². The number of ether oxygens (including phenoxy) is 2. The molecule has 6 rings (SSSR count). The molecule has 3 N–H and O–H groups in total. The van der Waals surface area contributed by atoms with E-state index in [4.69, 9.17) is 15.2 Å². The summed E-state index contributed by atoms with van der Waals surface area (Å²) in [6, 6.07) is 9.82. The lowest BCUT2D eigenvalue weighted by molar-refractivity contribution is -0.0511. The topological polar surface area (TPSA) is 117 Å². The normalized spacial score (nSPS) is 25.7. The van der Waals surface area contributed by atoms with E-state index in [9.17, 15) is 9.90 Å². The number of carbonyl (C=O) groups is 1. The minimum atomic E-state index is -0.429. The highest BCUT2D eigenvalue weighted by Crippen LogP contribution is 2.40. The molecule has 0 radical (unpaired) electrons. The smallest absolute Gasteiger partial charge is 0.410 e. The average molecular weight is 607 g/mol. The van der Waals surface area contributed by atoms with Gasteiger partial charge in [-0.1, -0.05) is 12.1 Å². The number of rotatable bonds is 7. The Hall–Kier alpha value is -3.11. The van der Waals surface area contributed by atoms with Crippen LogP contribution < -0.4 is 10.6 Å². The van der Waals surface area contributed by atoms with E-state index in [0.717, 1.165) is 94.9 Å². The molecule has 1 aliphatic carbocycles. The van der Waals surface area contributed by atoms with E-state index in [1.807, 2.05) is 43.9 Å². The number of nitrogen functional groups attached to an aromatic ring is 1. The van der Waals surface area contributed by atoms with Gasteiger partial charge in [0.15, 0.2) is 5.82 Å². The van der Waals surface area contributed by atoms with Crippen molar-refractivity contribution in [3.63, 3.8) is 0 Å². The Balaban J connectivity index is 0.894. The lowest BCUT2D eigenvalue weighted by atomic mass is 9.72. The molecule has 1 atom stereocenters. The van der Waals surface area contributed by atoms with Gasteiger partial charge in [-0.05, 0) is 102 Å². The van der Waals surface area contributed by atoms with Crippen molar-refractivity contribution in [3.8, 4) is 17.0 Å². The molecule has 4 heterocycles. The Kier molecular flexibility index (Phi) is 9.19. The van der Waals surface area contributed by atoms with Gasteiger partial charge in [-0.2, -0.15) is 0 Å². The van der Waals surface area contributed by atoms with Crippen molar-refractivity contribution in [1.29, 1.82) is 0 Å². The zero-order chi connectivity index (χ0) is 30.8. The number of phenols is 1. The van der Waals surface area contributed by atoms with Gasteiger partial charge in [0.05, 0.1) is 23.6 Å². The maximum atomic E-state index is 12.4. The van der Waals surface area contributed by atoms with Gasteiger partial charge < -0.3 is 35.0 Å². The zero-order valence-electron chi connectivity index (χ0n) is 26.7. The molecule has 1 saturated carbocycles. The number of aromatic nitrogens is 2. The summed E-state index contributed by atoms with van der Waals surface area (Å²) in [6.45, 7) is 11.3. The van der Waals surface area contributed by atoms with Crippen molar-refractivity contribution in [2.45, 2.75) is 96.0 Å². The fraction of sp³-hybridized carbons (Fsp3) is 0.676. The van der Waals surface area contributed by atoms with Crippen LogP contribution in [-0.4, -0.2) is 94.3 Å². The molecule has 2 aromatic rings. The molecule has 4 fully saturated rings. The van der Waals surface area contributed by atoms with Crippen LogP contribution in [0.5, 0.6) is 5.75 Å². The summed E-state index contributed by atoms with van der Waals surface area (Å²) in [7, 11) is 0. The molecular weight excluding hydrogens is 556 g/mol. The number of hydrogen-bond acceptors (Lipinski definition) is 9. The highest BCUT2D eigenvalue weighted by Gasteiger charge is 2.38. The van der Waals surface area contributed by atoms with Crippen molar-refractivity contribution >= 4 is 17.6 Å². The number of piperidine rings is 2. The third kappa shape index (κ3) is 7.40. The van der Waals surface area contributed by atoms with Crippen LogP contribution in [-0.2, 0) is 9.47 Å². The number of benzene rings is 1. The molecule has 44 heavy (non-hydrogen) atoms. The van der Waals surface area contributed by atoms with E-state index >= 15 is 0 Å². The van der Waals surface area contributed by atoms with Crippen LogP contribution in [0.3, 0.4) is 0 Å². The van der Waals surface area contributed by atoms with Gasteiger partial charge in [0.2, 0.25) is 0 Å². The van der Waals surface area contributed by atoms with Gasteiger partial charge >= 0.3 is 6.09 Å². The molecule has 4 aliphatic rings. The summed E-state index contributed by atoms with van der Waals surface area (Å²) in [4.78, 5) is 19.2. The van der Waals surface area contributed by atoms with Gasteiger partial charge in [-0.15, -0.1) is 10.2 Å². The first-order chi connectivity index (χ1) is 21.1. The van der Waals surface area contributed by atoms with Gasteiger partial charge in [0.1, 0.15) is 11.4 Å². The van der Waals surface area contributed by atoms with Gasteiger partial charge in [0.25, 0.3) is 0 Å². The van der Waals surface area contributed by atoms with Gasteiger partial charge in [0, 0.05) is 50.9 Å². The lowest BCUT2D eigenvalue weighted by Crippen LogP contribution is -2.50. The number of phenolic OH excluding ortho intramolecular Hbond substituents is 1. The molecule has 1 aromatic carbocycles. The maximum absolute atomic E-state index is 12.4. The minimum absolute atomic E-state index is 0.160. The van der Waals surface area contributed by atoms with E-state index in [2.05, 4.69) is 20.0 Å². The van der Waals surface area contributed by atoms with Crippen molar-refractivity contribution in [3.05, 3.63) is 30.3 Å². The maximum Gasteiger partial charge on any atom is 0.410 e. The largest absolute Gasteiger partial charge is 0.507 e. The third-order valence-electron chi connectivity index (χ3n) is 9.99. The minimum Gasteiger partial charge on any atom is -0.507 e. The Morgan fingerprint density at radius 1 is 0.955 bits per heavy atom. The van der Waals surface area contributed by atoms with Gasteiger partial charge in [-0.25, -0.2) is 4.79 Å². The summed E-state index contributed by atoms with van der Waals surface area (Å²) < 4.78 is 12.2. The number of amides is 1. The molecular formula is C34H50N6O4. The molecule has 0 spiro atoms. The number of likely N-dealkylation sites (tertiary alicyclic amines) is 2. The highest BCUT2D eigenvalue weighted by molar-refractivity contribution is 5.74. The van der Waals surface area contributed by atoms with E-state index in [0.29, 0.717) is 23.2 Å². The van der Waals surface area contributed by atoms with E-state index in [-0.39, 0.29) is 17.9 Å². The van der Waals surface area contributed by atoms with Crippen molar-refractivity contribution in [2.75, 3.05) is 49.9 Å². The second-order valence-electron chi connectivity index (χ2n) is 14.4. The predicted molar refractivity (Wildman–Crippen MR) is 172 cm³/mol. The van der Waals surface area contributed by atoms with E-state index in [1.165, 1.54) is 19.3 Å². The zero-order valence-corrected chi connectivity index (χ0v) is 26.7. The summed E-state index contributed by atoms with van der Waals surface area (Å²) in [5.74, 6) is 2.16. The highest BCUT2D eigenvalue weighted by atomic mass is 16.6. The van der Waals surface area contributed by atoms with Crippen molar-refractivity contribution in [1.82, 2.24) is 20.0 Å². The second-order valence-corrected chi connectivity index (χ2v) is 14.4. The van der Waals surface area contributed by atoms with Crippen LogP contribution in [0.15, 0.2) is 30.3 Å². The predicted octanol–water partition coefficient (Wildman–Crippen LogP) is 5.31. The first kappa shape index (κ1) is 30.9. The molecule has 3 saturated heterocycles. The molecule has 10 nitrogen and oxygen atoms in total. The Bertz CT molecular complexity index is 1280. The number of nitrogens with two attached hydrogens (primary N) is 1. The average Bonchev–Trinajstić information content (AvgIpc) is 3.43. The lowest BCUT2D eigenvalue weighted by Gasteiger charge is -2.47. The van der Waals surface area contributed by atoms with E-state index in [1.54, 1.807) is 12.1 Å². The monoisotopic (exact) mass is 606 g/mol. The number of para-hydroxylation sites is 1. The summed E-state index contributed by atoms with van der Waals surface area (Å²) >= 11 is 0. The molecule has 240 valence electrons. The molecule has 0 bridgehead atoms. The summed E-state index contributed by atoms with van der Waals surface area (Å²) in [6.07, 6.45) is 9.64. The van der Waals surface area contributed by atoms with Crippen molar-refractivity contribution in [2.24, 2.45) is 11.8 Å². The quantitative estimate of drug-likeness (QED) is 0.433. The second kappa shape index (κ2) is 13.1. The number of hydrogen-bond donors (Lipinski definition) is 2. The molecule has 3 aliphatic heterocycles. The fourth-order valence-electron chi connectivity index (χ4n) is 7.51. The summed E-state index contributed by atoms with van der Waals surface area (Å²) in [5, 5.41) is 18.7. The fourth-order valence-corrected chi connectivity index (χ4v) is 7.51. The number of aromatic hydroxyl groups is 1. The SMILES string of the molecule is CC(C)(C)OC(=O)N1CCC(CC2CC(N3CCC(O[C@H]4CCN(c5cc(-c6ccccc6O)nnc5N)C4)CC3)C2)CC1. The van der Waals surface area contributed by atoms with Crippen LogP contribution in [0.2, 0.25) is 0 Å². The summed E-state index contributed by atoms with van der Waals surface area (Å²) in [5.41, 5.74) is 7.92.